The van der Waals surface area contributed by atoms with Crippen LogP contribution in [0.3, 0.4) is 0 Å². The van der Waals surface area contributed by atoms with Gasteiger partial charge in [0.1, 0.15) is 28.9 Å². The molecule has 0 aliphatic rings. The summed E-state index contributed by atoms with van der Waals surface area (Å²) < 4.78 is 12.0. The van der Waals surface area contributed by atoms with Crippen molar-refractivity contribution in [2.75, 3.05) is 0 Å². The average molecular weight is 488 g/mol. The van der Waals surface area contributed by atoms with Crippen molar-refractivity contribution in [3.05, 3.63) is 117 Å². The van der Waals surface area contributed by atoms with Crippen LogP contribution in [0.25, 0.3) is 33.8 Å². The predicted molar refractivity (Wildman–Crippen MR) is 142 cm³/mol. The van der Waals surface area contributed by atoms with Gasteiger partial charge < -0.3 is 8.83 Å². The van der Waals surface area contributed by atoms with E-state index in [1.807, 2.05) is 62.4 Å². The molecule has 0 amide bonds. The zero-order valence-electron chi connectivity index (χ0n) is 20.1. The van der Waals surface area contributed by atoms with E-state index in [1.54, 1.807) is 24.3 Å². The number of nitrogens with zero attached hydrogens (tertiary/aromatic N) is 3. The van der Waals surface area contributed by atoms with Crippen LogP contribution in [0, 0.1) is 35.3 Å². The Labute approximate surface area is 213 Å². The summed E-state index contributed by atoms with van der Waals surface area (Å²) in [7, 11) is 0. The van der Waals surface area contributed by atoms with Crippen molar-refractivity contribution in [2.24, 2.45) is 4.99 Å². The van der Waals surface area contributed by atoms with E-state index in [4.69, 9.17) is 8.83 Å². The topological polar surface area (TPSA) is 106 Å². The van der Waals surface area contributed by atoms with Crippen molar-refractivity contribution in [1.29, 1.82) is 5.26 Å². The van der Waals surface area contributed by atoms with Crippen LogP contribution in [0.2, 0.25) is 0 Å². The summed E-state index contributed by atoms with van der Waals surface area (Å²) in [6, 6.07) is 27.7. The number of furan rings is 2. The second kappa shape index (κ2) is 9.80. The van der Waals surface area contributed by atoms with E-state index in [2.05, 4.69) is 11.1 Å². The number of nitro groups is 1. The molecule has 180 valence electrons. The first-order valence-corrected chi connectivity index (χ1v) is 11.5. The quantitative estimate of drug-likeness (QED) is 0.137. The van der Waals surface area contributed by atoms with Crippen LogP contribution < -0.4 is 0 Å². The first-order chi connectivity index (χ1) is 17.9. The van der Waals surface area contributed by atoms with Gasteiger partial charge in [-0.15, -0.1) is 0 Å². The predicted octanol–water partition coefficient (Wildman–Crippen LogP) is 8.02. The van der Waals surface area contributed by atoms with Gasteiger partial charge in [0, 0.05) is 28.8 Å². The molecule has 0 unspecified atom stereocenters. The molecule has 0 bridgehead atoms. The van der Waals surface area contributed by atoms with E-state index in [9.17, 15) is 15.4 Å². The highest BCUT2D eigenvalue weighted by Crippen LogP contribution is 2.42. The van der Waals surface area contributed by atoms with E-state index in [0.29, 0.717) is 34.0 Å². The molecule has 2 heterocycles. The normalized spacial score (nSPS) is 11.1. The number of aryl methyl sites for hydroxylation is 2. The molecule has 2 aromatic heterocycles. The van der Waals surface area contributed by atoms with Crippen molar-refractivity contribution in [1.82, 2.24) is 0 Å². The summed E-state index contributed by atoms with van der Waals surface area (Å²) in [5.74, 6) is 1.74. The molecule has 0 spiro atoms. The molecule has 0 radical (unpaired) electrons. The van der Waals surface area contributed by atoms with Gasteiger partial charge in [0.25, 0.3) is 5.69 Å². The van der Waals surface area contributed by atoms with Gasteiger partial charge in [0.2, 0.25) is 5.88 Å². The van der Waals surface area contributed by atoms with Gasteiger partial charge in [0.05, 0.1) is 11.1 Å². The van der Waals surface area contributed by atoms with Crippen molar-refractivity contribution in [3.8, 4) is 39.8 Å². The fourth-order valence-electron chi connectivity index (χ4n) is 3.96. The van der Waals surface area contributed by atoms with Gasteiger partial charge in [-0.1, -0.05) is 59.7 Å². The van der Waals surface area contributed by atoms with E-state index in [0.717, 1.165) is 22.3 Å². The Kier molecular flexibility index (Phi) is 6.23. The highest BCUT2D eigenvalue weighted by Gasteiger charge is 2.23. The molecule has 0 atom stereocenters. The molecule has 7 heteroatoms. The number of hydrogen-bond donors (Lipinski definition) is 0. The zero-order valence-corrected chi connectivity index (χ0v) is 20.1. The second-order valence-electron chi connectivity index (χ2n) is 8.59. The van der Waals surface area contributed by atoms with Crippen LogP contribution in [0.15, 0.2) is 98.8 Å². The lowest BCUT2D eigenvalue weighted by atomic mass is 9.97. The minimum atomic E-state index is -0.449. The molecule has 3 aromatic carbocycles. The number of nitriles is 1. The summed E-state index contributed by atoms with van der Waals surface area (Å²) in [4.78, 5) is 14.9. The maximum Gasteiger partial charge on any atom is 0.269 e. The summed E-state index contributed by atoms with van der Waals surface area (Å²) in [6.07, 6.45) is 1.49. The van der Waals surface area contributed by atoms with Gasteiger partial charge in [-0.2, -0.15) is 5.26 Å². The average Bonchev–Trinajstić information content (AvgIpc) is 3.53. The third-order valence-electron chi connectivity index (χ3n) is 5.95. The summed E-state index contributed by atoms with van der Waals surface area (Å²) in [5.41, 5.74) is 5.66. The highest BCUT2D eigenvalue weighted by molar-refractivity contribution is 5.89. The van der Waals surface area contributed by atoms with Crippen LogP contribution in [0.5, 0.6) is 0 Å². The van der Waals surface area contributed by atoms with Crippen LogP contribution in [0.4, 0.5) is 11.6 Å². The van der Waals surface area contributed by atoms with Gasteiger partial charge >= 0.3 is 0 Å². The third kappa shape index (κ3) is 4.81. The third-order valence-corrected chi connectivity index (χ3v) is 5.95. The Morgan fingerprint density at radius 1 is 0.811 bits per heavy atom. The number of benzene rings is 3. The molecule has 37 heavy (non-hydrogen) atoms. The Hall–Kier alpha value is -5.22. The molecule has 0 fully saturated rings. The molecule has 0 saturated heterocycles. The van der Waals surface area contributed by atoms with Crippen molar-refractivity contribution >= 4 is 17.8 Å². The van der Waals surface area contributed by atoms with Crippen LogP contribution in [-0.4, -0.2) is 11.1 Å². The smallest absolute Gasteiger partial charge is 0.269 e. The first kappa shape index (κ1) is 23.5. The molecule has 0 aliphatic carbocycles. The summed E-state index contributed by atoms with van der Waals surface area (Å²) >= 11 is 0. The second-order valence-corrected chi connectivity index (χ2v) is 8.59. The molecule has 0 aliphatic heterocycles. The van der Waals surface area contributed by atoms with E-state index in [1.165, 1.54) is 18.3 Å². The fourth-order valence-corrected chi connectivity index (χ4v) is 3.96. The molecule has 5 aromatic rings. The lowest BCUT2D eigenvalue weighted by molar-refractivity contribution is -0.384. The SMILES string of the molecule is Cc1ccc(-c2oc(N=Cc3ccc(-c4ccc([N+](=O)[O-])cc4)o3)c(C#N)c2-c2ccc(C)cc2)cc1. The molecule has 7 nitrogen and oxygen atoms in total. The van der Waals surface area contributed by atoms with Gasteiger partial charge in [0.15, 0.2) is 0 Å². The van der Waals surface area contributed by atoms with Crippen LogP contribution in [-0.2, 0) is 0 Å². The number of non-ortho nitro benzene ring substituents is 1. The molecular formula is C30H21N3O4. The largest absolute Gasteiger partial charge is 0.455 e. The number of aliphatic imine (C=N–C) groups is 1. The number of nitro benzene ring substituents is 1. The lowest BCUT2D eigenvalue weighted by Gasteiger charge is -2.05. The number of rotatable bonds is 6. The summed E-state index contributed by atoms with van der Waals surface area (Å²) in [5, 5.41) is 21.0. The first-order valence-electron chi connectivity index (χ1n) is 11.5. The molecule has 0 saturated carbocycles. The Balaban J connectivity index is 1.53. The highest BCUT2D eigenvalue weighted by atomic mass is 16.6. The van der Waals surface area contributed by atoms with Gasteiger partial charge in [-0.25, -0.2) is 4.99 Å². The van der Waals surface area contributed by atoms with Crippen molar-refractivity contribution < 1.29 is 13.8 Å². The standard InChI is InChI=1S/C30H21N3O4/c1-19-3-7-22(8-4-19)28-26(17-31)30(37-29(28)23-9-5-20(2)6-10-23)32-18-25-15-16-27(36-25)21-11-13-24(14-12-21)33(34)35/h3-16,18H,1-2H3. The van der Waals surface area contributed by atoms with Crippen LogP contribution in [0.1, 0.15) is 22.5 Å². The molecular weight excluding hydrogens is 466 g/mol. The lowest BCUT2D eigenvalue weighted by Crippen LogP contribution is -1.86. The van der Waals surface area contributed by atoms with Crippen molar-refractivity contribution in [3.63, 3.8) is 0 Å². The van der Waals surface area contributed by atoms with Gasteiger partial charge in [-0.05, 0) is 43.7 Å². The minimum Gasteiger partial charge on any atom is -0.455 e. The maximum atomic E-state index is 10.9. The Bertz CT molecular complexity index is 1650. The molecule has 5 rings (SSSR count). The van der Waals surface area contributed by atoms with E-state index >= 15 is 0 Å². The summed E-state index contributed by atoms with van der Waals surface area (Å²) in [6.45, 7) is 4.02. The Morgan fingerprint density at radius 3 is 2.00 bits per heavy atom. The fraction of sp³-hybridized carbons (Fsp3) is 0.0667. The molecule has 0 N–H and O–H groups in total. The van der Waals surface area contributed by atoms with Gasteiger partial charge in [-0.3, -0.25) is 10.1 Å². The van der Waals surface area contributed by atoms with E-state index in [-0.39, 0.29) is 11.6 Å². The van der Waals surface area contributed by atoms with Crippen molar-refractivity contribution in [2.45, 2.75) is 13.8 Å². The minimum absolute atomic E-state index is 0.00714. The number of hydrogen-bond acceptors (Lipinski definition) is 6. The zero-order chi connectivity index (χ0) is 25.9. The maximum absolute atomic E-state index is 10.9. The van der Waals surface area contributed by atoms with Crippen LogP contribution >= 0.6 is 0 Å². The van der Waals surface area contributed by atoms with E-state index < -0.39 is 4.92 Å². The Morgan fingerprint density at radius 2 is 1.41 bits per heavy atom. The monoisotopic (exact) mass is 487 g/mol.